The summed E-state index contributed by atoms with van der Waals surface area (Å²) in [6, 6.07) is 12.8. The molecule has 0 saturated carbocycles. The second kappa shape index (κ2) is 8.36. The SMILES string of the molecule is CS(=O)(=O)Nc1ccc(CC(=O)N[C@H](Cc2c[nH]c3ccccc23)C(=O)O)cc1. The molecule has 4 N–H and O–H groups in total. The van der Waals surface area contributed by atoms with E-state index in [-0.39, 0.29) is 12.8 Å². The van der Waals surface area contributed by atoms with Gasteiger partial charge in [-0.05, 0) is 29.3 Å². The number of sulfonamides is 1. The Morgan fingerprint density at radius 3 is 2.45 bits per heavy atom. The summed E-state index contributed by atoms with van der Waals surface area (Å²) < 4.78 is 24.8. The van der Waals surface area contributed by atoms with E-state index >= 15 is 0 Å². The molecule has 0 saturated heterocycles. The molecular weight excluding hydrogens is 394 g/mol. The quantitative estimate of drug-likeness (QED) is 0.447. The van der Waals surface area contributed by atoms with Gasteiger partial charge in [0.25, 0.3) is 0 Å². The first-order chi connectivity index (χ1) is 13.7. The van der Waals surface area contributed by atoms with Crippen LogP contribution in [0.15, 0.2) is 54.7 Å². The van der Waals surface area contributed by atoms with Crippen LogP contribution in [0.5, 0.6) is 0 Å². The van der Waals surface area contributed by atoms with E-state index in [2.05, 4.69) is 15.0 Å². The summed E-state index contributed by atoms with van der Waals surface area (Å²) in [5.74, 6) is -1.54. The number of hydrogen-bond donors (Lipinski definition) is 4. The molecule has 2 aromatic carbocycles. The minimum Gasteiger partial charge on any atom is -0.480 e. The van der Waals surface area contributed by atoms with Crippen molar-refractivity contribution >= 4 is 38.5 Å². The zero-order valence-corrected chi connectivity index (χ0v) is 16.5. The third-order valence-corrected chi connectivity index (χ3v) is 4.96. The smallest absolute Gasteiger partial charge is 0.326 e. The lowest BCUT2D eigenvalue weighted by Crippen LogP contribution is -2.43. The van der Waals surface area contributed by atoms with E-state index in [0.717, 1.165) is 22.7 Å². The molecule has 0 aliphatic heterocycles. The number of aromatic nitrogens is 1. The van der Waals surface area contributed by atoms with Crippen molar-refractivity contribution in [2.75, 3.05) is 11.0 Å². The summed E-state index contributed by atoms with van der Waals surface area (Å²) in [5, 5.41) is 13.0. The van der Waals surface area contributed by atoms with E-state index in [9.17, 15) is 23.1 Å². The minimum absolute atomic E-state index is 0.0170. The van der Waals surface area contributed by atoms with Crippen LogP contribution in [-0.4, -0.2) is 42.7 Å². The minimum atomic E-state index is -3.38. The number of para-hydroxylation sites is 1. The van der Waals surface area contributed by atoms with Crippen LogP contribution in [-0.2, 0) is 32.5 Å². The molecule has 0 unspecified atom stereocenters. The van der Waals surface area contributed by atoms with Crippen LogP contribution in [0, 0.1) is 0 Å². The Labute approximate surface area is 168 Å². The molecule has 0 bridgehead atoms. The lowest BCUT2D eigenvalue weighted by molar-refractivity contribution is -0.141. The van der Waals surface area contributed by atoms with E-state index < -0.39 is 27.9 Å². The number of carbonyl (C=O) groups is 2. The number of anilines is 1. The van der Waals surface area contributed by atoms with Crippen molar-refractivity contribution in [2.24, 2.45) is 0 Å². The molecule has 1 heterocycles. The maximum atomic E-state index is 12.3. The molecule has 1 atom stereocenters. The molecule has 8 nitrogen and oxygen atoms in total. The highest BCUT2D eigenvalue weighted by Gasteiger charge is 2.22. The number of benzene rings is 2. The number of fused-ring (bicyclic) bond motifs is 1. The molecule has 3 aromatic rings. The van der Waals surface area contributed by atoms with Crippen molar-refractivity contribution in [1.82, 2.24) is 10.3 Å². The number of aromatic amines is 1. The molecule has 0 spiro atoms. The van der Waals surface area contributed by atoms with Crippen LogP contribution in [0.25, 0.3) is 10.9 Å². The Balaban J connectivity index is 1.64. The summed E-state index contributed by atoms with van der Waals surface area (Å²) in [7, 11) is -3.38. The maximum absolute atomic E-state index is 12.3. The number of rotatable bonds is 8. The third-order valence-electron chi connectivity index (χ3n) is 4.35. The summed E-state index contributed by atoms with van der Waals surface area (Å²) in [4.78, 5) is 27.1. The molecule has 9 heteroatoms. The molecule has 0 aliphatic carbocycles. The predicted molar refractivity (Wildman–Crippen MR) is 110 cm³/mol. The lowest BCUT2D eigenvalue weighted by atomic mass is 10.0. The molecule has 0 fully saturated rings. The summed E-state index contributed by atoms with van der Waals surface area (Å²) in [6.45, 7) is 0. The van der Waals surface area contributed by atoms with Gasteiger partial charge in [-0.3, -0.25) is 9.52 Å². The van der Waals surface area contributed by atoms with Gasteiger partial charge < -0.3 is 15.4 Å². The Morgan fingerprint density at radius 1 is 1.10 bits per heavy atom. The third kappa shape index (κ3) is 5.58. The zero-order chi connectivity index (χ0) is 21.0. The fraction of sp³-hybridized carbons (Fsp3) is 0.200. The Bertz CT molecular complexity index is 1140. The van der Waals surface area contributed by atoms with Crippen LogP contribution in [0.2, 0.25) is 0 Å². The number of carboxylic acid groups (broad SMARTS) is 1. The average molecular weight is 415 g/mol. The number of carboxylic acids is 1. The van der Waals surface area contributed by atoms with Gasteiger partial charge in [0.1, 0.15) is 6.04 Å². The van der Waals surface area contributed by atoms with Crippen molar-refractivity contribution in [3.63, 3.8) is 0 Å². The number of H-pyrrole nitrogens is 1. The van der Waals surface area contributed by atoms with Crippen molar-refractivity contribution in [1.29, 1.82) is 0 Å². The van der Waals surface area contributed by atoms with Crippen LogP contribution in [0.1, 0.15) is 11.1 Å². The largest absolute Gasteiger partial charge is 0.480 e. The molecule has 152 valence electrons. The number of amides is 1. The molecule has 0 aliphatic rings. The van der Waals surface area contributed by atoms with Gasteiger partial charge in [0.15, 0.2) is 0 Å². The van der Waals surface area contributed by atoms with Gasteiger partial charge in [0, 0.05) is 29.2 Å². The van der Waals surface area contributed by atoms with Gasteiger partial charge in [-0.2, -0.15) is 0 Å². The molecule has 0 radical (unpaired) electrons. The van der Waals surface area contributed by atoms with Crippen LogP contribution >= 0.6 is 0 Å². The number of carbonyl (C=O) groups excluding carboxylic acids is 1. The van der Waals surface area contributed by atoms with E-state index in [1.807, 2.05) is 24.3 Å². The first-order valence-corrected chi connectivity index (χ1v) is 10.7. The van der Waals surface area contributed by atoms with E-state index in [1.165, 1.54) is 0 Å². The van der Waals surface area contributed by atoms with E-state index in [0.29, 0.717) is 11.3 Å². The number of aliphatic carboxylic acids is 1. The first kappa shape index (κ1) is 20.4. The molecular formula is C20H21N3O5S. The molecule has 29 heavy (non-hydrogen) atoms. The van der Waals surface area contributed by atoms with Crippen molar-refractivity contribution in [3.8, 4) is 0 Å². The number of nitrogens with one attached hydrogen (secondary N) is 3. The van der Waals surface area contributed by atoms with Crippen molar-refractivity contribution in [3.05, 3.63) is 65.9 Å². The highest BCUT2D eigenvalue weighted by molar-refractivity contribution is 7.92. The van der Waals surface area contributed by atoms with E-state index in [1.54, 1.807) is 30.5 Å². The van der Waals surface area contributed by atoms with Gasteiger partial charge >= 0.3 is 5.97 Å². The fourth-order valence-corrected chi connectivity index (χ4v) is 3.62. The second-order valence-electron chi connectivity index (χ2n) is 6.77. The van der Waals surface area contributed by atoms with Gasteiger partial charge in [0.05, 0.1) is 12.7 Å². The van der Waals surface area contributed by atoms with Crippen LogP contribution in [0.4, 0.5) is 5.69 Å². The highest BCUT2D eigenvalue weighted by Crippen LogP contribution is 2.19. The second-order valence-corrected chi connectivity index (χ2v) is 8.52. The van der Waals surface area contributed by atoms with Gasteiger partial charge in [-0.1, -0.05) is 30.3 Å². The topological polar surface area (TPSA) is 128 Å². The van der Waals surface area contributed by atoms with Crippen molar-refractivity contribution < 1.29 is 23.1 Å². The normalized spacial score (nSPS) is 12.4. The standard InChI is InChI=1S/C20H21N3O5S/c1-29(27,28)23-15-8-6-13(7-9-15)10-19(24)22-18(20(25)26)11-14-12-21-17-5-3-2-4-16(14)17/h2-9,12,18,21,23H,10-11H2,1H3,(H,22,24)(H,25,26)/t18-/m1/s1. The van der Waals surface area contributed by atoms with Crippen LogP contribution in [0.3, 0.4) is 0 Å². The summed E-state index contributed by atoms with van der Waals surface area (Å²) in [5.41, 5.74) is 2.74. The van der Waals surface area contributed by atoms with Crippen molar-refractivity contribution in [2.45, 2.75) is 18.9 Å². The molecule has 3 rings (SSSR count). The monoisotopic (exact) mass is 415 g/mol. The predicted octanol–water partition coefficient (Wildman–Crippen LogP) is 1.89. The fourth-order valence-electron chi connectivity index (χ4n) is 3.06. The van der Waals surface area contributed by atoms with Gasteiger partial charge in [-0.25, -0.2) is 13.2 Å². The maximum Gasteiger partial charge on any atom is 0.326 e. The lowest BCUT2D eigenvalue weighted by Gasteiger charge is -2.14. The van der Waals surface area contributed by atoms with Gasteiger partial charge in [-0.15, -0.1) is 0 Å². The summed E-state index contributed by atoms with van der Waals surface area (Å²) >= 11 is 0. The van der Waals surface area contributed by atoms with E-state index in [4.69, 9.17) is 0 Å². The Morgan fingerprint density at radius 2 is 1.79 bits per heavy atom. The Hall–Kier alpha value is -3.33. The Kier molecular flexibility index (Phi) is 5.88. The summed E-state index contributed by atoms with van der Waals surface area (Å²) in [6.07, 6.45) is 2.94. The zero-order valence-electron chi connectivity index (χ0n) is 15.7. The van der Waals surface area contributed by atoms with Crippen LogP contribution < -0.4 is 10.0 Å². The first-order valence-electron chi connectivity index (χ1n) is 8.85. The molecule has 1 amide bonds. The highest BCUT2D eigenvalue weighted by atomic mass is 32.2. The number of hydrogen-bond acceptors (Lipinski definition) is 4. The van der Waals surface area contributed by atoms with Gasteiger partial charge in [0.2, 0.25) is 15.9 Å². The average Bonchev–Trinajstić information content (AvgIpc) is 3.04. The molecule has 1 aromatic heterocycles.